The van der Waals surface area contributed by atoms with Crippen molar-refractivity contribution in [1.29, 1.82) is 0 Å². The average molecular weight is 232 g/mol. The molecule has 0 aliphatic heterocycles. The predicted molar refractivity (Wildman–Crippen MR) is 66.6 cm³/mol. The van der Waals surface area contributed by atoms with Gasteiger partial charge in [0.2, 0.25) is 0 Å². The zero-order chi connectivity index (χ0) is 12.1. The second-order valence-electron chi connectivity index (χ2n) is 3.98. The van der Waals surface area contributed by atoms with Crippen LogP contribution in [0.2, 0.25) is 0 Å². The van der Waals surface area contributed by atoms with Crippen LogP contribution >= 0.6 is 0 Å². The van der Waals surface area contributed by atoms with E-state index in [1.165, 1.54) is 6.42 Å². The summed E-state index contributed by atoms with van der Waals surface area (Å²) in [7, 11) is 0. The molecule has 0 bridgehead atoms. The first-order chi connectivity index (χ1) is 7.81. The minimum Gasteiger partial charge on any atom is -0.381 e. The molecule has 0 aromatic heterocycles. The molecule has 3 nitrogen and oxygen atoms in total. The van der Waals surface area contributed by atoms with Gasteiger partial charge in [-0.2, -0.15) is 0 Å². The summed E-state index contributed by atoms with van der Waals surface area (Å²) in [6.07, 6.45) is 5.48. The Morgan fingerprint density at radius 2 is 1.25 bits per heavy atom. The summed E-state index contributed by atoms with van der Waals surface area (Å²) in [5.74, 6) is 0. The lowest BCUT2D eigenvalue weighted by atomic mass is 10.4. The highest BCUT2D eigenvalue weighted by Gasteiger charge is 2.00. The molecule has 0 saturated carbocycles. The van der Waals surface area contributed by atoms with E-state index in [0.717, 1.165) is 52.1 Å². The molecular weight excluding hydrogens is 204 g/mol. The Kier molecular flexibility index (Phi) is 12.9. The average Bonchev–Trinajstić information content (AvgIpc) is 2.28. The smallest absolute Gasteiger partial charge is 0.154 e. The lowest BCUT2D eigenvalue weighted by Gasteiger charge is -2.13. The fourth-order valence-corrected chi connectivity index (χ4v) is 1.20. The molecule has 0 radical (unpaired) electrons. The Hall–Kier alpha value is -0.120. The monoisotopic (exact) mass is 232 g/mol. The van der Waals surface area contributed by atoms with Gasteiger partial charge in [-0.15, -0.1) is 0 Å². The van der Waals surface area contributed by atoms with Gasteiger partial charge in [-0.05, 0) is 26.2 Å². The van der Waals surface area contributed by atoms with Crippen molar-refractivity contribution >= 4 is 0 Å². The van der Waals surface area contributed by atoms with Crippen LogP contribution in [0.5, 0.6) is 0 Å². The number of ether oxygens (including phenoxy) is 3. The Morgan fingerprint density at radius 1 is 0.750 bits per heavy atom. The topological polar surface area (TPSA) is 27.7 Å². The zero-order valence-corrected chi connectivity index (χ0v) is 11.2. The largest absolute Gasteiger partial charge is 0.381 e. The van der Waals surface area contributed by atoms with Crippen molar-refractivity contribution in [2.75, 3.05) is 26.4 Å². The summed E-state index contributed by atoms with van der Waals surface area (Å²) in [4.78, 5) is 0. The Balaban J connectivity index is 3.06. The van der Waals surface area contributed by atoms with Crippen molar-refractivity contribution in [3.05, 3.63) is 0 Å². The molecule has 0 aliphatic carbocycles. The number of hydrogen-bond acceptors (Lipinski definition) is 3. The minimum absolute atomic E-state index is 0.0813. The highest BCUT2D eigenvalue weighted by molar-refractivity contribution is 4.39. The normalized spacial score (nSPS) is 12.9. The van der Waals surface area contributed by atoms with Gasteiger partial charge in [-0.3, -0.25) is 0 Å². The third-order valence-electron chi connectivity index (χ3n) is 2.28. The van der Waals surface area contributed by atoms with Gasteiger partial charge in [-0.1, -0.05) is 26.7 Å². The lowest BCUT2D eigenvalue weighted by molar-refractivity contribution is -0.133. The Bertz CT molecular complexity index is 128. The van der Waals surface area contributed by atoms with E-state index in [2.05, 4.69) is 13.8 Å². The summed E-state index contributed by atoms with van der Waals surface area (Å²) in [6, 6.07) is 0. The van der Waals surface area contributed by atoms with Gasteiger partial charge in [0, 0.05) is 19.8 Å². The molecule has 0 rings (SSSR count). The van der Waals surface area contributed by atoms with Crippen LogP contribution in [0.3, 0.4) is 0 Å². The number of unbranched alkanes of at least 4 members (excludes halogenated alkanes) is 2. The number of rotatable bonds is 12. The molecule has 0 aliphatic rings. The van der Waals surface area contributed by atoms with Crippen LogP contribution in [-0.4, -0.2) is 32.7 Å². The van der Waals surface area contributed by atoms with Crippen molar-refractivity contribution in [1.82, 2.24) is 0 Å². The van der Waals surface area contributed by atoms with Crippen molar-refractivity contribution in [2.24, 2.45) is 0 Å². The van der Waals surface area contributed by atoms with Crippen molar-refractivity contribution in [3.8, 4) is 0 Å². The SMILES string of the molecule is CCCCOCCCOC(C)OCCCC. The van der Waals surface area contributed by atoms with Crippen LogP contribution in [-0.2, 0) is 14.2 Å². The summed E-state index contributed by atoms with van der Waals surface area (Å²) in [5.41, 5.74) is 0. The predicted octanol–water partition coefficient (Wildman–Crippen LogP) is 3.37. The number of hydrogen-bond donors (Lipinski definition) is 0. The van der Waals surface area contributed by atoms with Crippen LogP contribution in [0.25, 0.3) is 0 Å². The van der Waals surface area contributed by atoms with Crippen molar-refractivity contribution in [3.63, 3.8) is 0 Å². The summed E-state index contributed by atoms with van der Waals surface area (Å²) in [5, 5.41) is 0. The highest BCUT2D eigenvalue weighted by atomic mass is 16.7. The quantitative estimate of drug-likeness (QED) is 0.381. The van der Waals surface area contributed by atoms with Gasteiger partial charge in [0.05, 0.1) is 6.61 Å². The van der Waals surface area contributed by atoms with E-state index in [1.807, 2.05) is 6.92 Å². The van der Waals surface area contributed by atoms with Gasteiger partial charge in [0.1, 0.15) is 0 Å². The van der Waals surface area contributed by atoms with Crippen LogP contribution < -0.4 is 0 Å². The summed E-state index contributed by atoms with van der Waals surface area (Å²) >= 11 is 0. The maximum atomic E-state index is 5.49. The zero-order valence-electron chi connectivity index (χ0n) is 11.2. The van der Waals surface area contributed by atoms with Gasteiger partial charge >= 0.3 is 0 Å². The minimum atomic E-state index is -0.0813. The van der Waals surface area contributed by atoms with E-state index in [0.29, 0.717) is 0 Å². The molecule has 0 fully saturated rings. The van der Waals surface area contributed by atoms with Crippen LogP contribution in [0, 0.1) is 0 Å². The molecule has 1 unspecified atom stereocenters. The molecule has 98 valence electrons. The standard InChI is InChI=1S/C13H28O3/c1-4-6-9-14-10-8-12-16-13(3)15-11-7-5-2/h13H,4-12H2,1-3H3. The third kappa shape index (κ3) is 12.0. The fourth-order valence-electron chi connectivity index (χ4n) is 1.20. The molecule has 0 heterocycles. The summed E-state index contributed by atoms with van der Waals surface area (Å²) < 4.78 is 16.4. The van der Waals surface area contributed by atoms with Gasteiger partial charge in [0.15, 0.2) is 6.29 Å². The second-order valence-corrected chi connectivity index (χ2v) is 3.98. The third-order valence-corrected chi connectivity index (χ3v) is 2.28. The molecule has 0 N–H and O–H groups in total. The Morgan fingerprint density at radius 3 is 1.88 bits per heavy atom. The van der Waals surface area contributed by atoms with Crippen molar-refractivity contribution in [2.45, 2.75) is 59.2 Å². The van der Waals surface area contributed by atoms with Gasteiger partial charge in [0.25, 0.3) is 0 Å². The maximum absolute atomic E-state index is 5.49. The van der Waals surface area contributed by atoms with E-state index >= 15 is 0 Å². The molecule has 0 saturated heterocycles. The first kappa shape index (κ1) is 15.9. The van der Waals surface area contributed by atoms with Crippen LogP contribution in [0.4, 0.5) is 0 Å². The molecule has 1 atom stereocenters. The maximum Gasteiger partial charge on any atom is 0.154 e. The lowest BCUT2D eigenvalue weighted by Crippen LogP contribution is -2.15. The molecule has 0 aromatic carbocycles. The van der Waals surface area contributed by atoms with E-state index in [1.54, 1.807) is 0 Å². The highest BCUT2D eigenvalue weighted by Crippen LogP contribution is 1.98. The second kappa shape index (κ2) is 12.9. The van der Waals surface area contributed by atoms with E-state index < -0.39 is 0 Å². The molecule has 0 spiro atoms. The molecule has 3 heteroatoms. The van der Waals surface area contributed by atoms with E-state index in [-0.39, 0.29) is 6.29 Å². The first-order valence-corrected chi connectivity index (χ1v) is 6.62. The summed E-state index contributed by atoms with van der Waals surface area (Å²) in [6.45, 7) is 9.46. The van der Waals surface area contributed by atoms with Gasteiger partial charge < -0.3 is 14.2 Å². The molecule has 0 amide bonds. The van der Waals surface area contributed by atoms with Crippen molar-refractivity contribution < 1.29 is 14.2 Å². The van der Waals surface area contributed by atoms with E-state index in [4.69, 9.17) is 14.2 Å². The van der Waals surface area contributed by atoms with Crippen LogP contribution in [0.15, 0.2) is 0 Å². The van der Waals surface area contributed by atoms with Gasteiger partial charge in [-0.25, -0.2) is 0 Å². The Labute approximate surface area is 100 Å². The fraction of sp³-hybridized carbons (Fsp3) is 1.00. The first-order valence-electron chi connectivity index (χ1n) is 6.62. The molecular formula is C13H28O3. The molecule has 0 aromatic rings. The van der Waals surface area contributed by atoms with Crippen LogP contribution in [0.1, 0.15) is 52.9 Å². The van der Waals surface area contributed by atoms with E-state index in [9.17, 15) is 0 Å². The molecule has 16 heavy (non-hydrogen) atoms.